The van der Waals surface area contributed by atoms with Crippen molar-refractivity contribution in [2.75, 3.05) is 27.1 Å². The van der Waals surface area contributed by atoms with Crippen LogP contribution in [0.25, 0.3) is 42.6 Å². The summed E-state index contributed by atoms with van der Waals surface area (Å²) in [7, 11) is 4.81. The number of fused-ring (bicyclic) bond motifs is 2. The van der Waals surface area contributed by atoms with E-state index >= 15 is 0 Å². The van der Waals surface area contributed by atoms with Crippen molar-refractivity contribution in [2.45, 2.75) is 6.92 Å². The van der Waals surface area contributed by atoms with Crippen LogP contribution >= 0.6 is 22.7 Å². The number of nitrogens with zero attached hydrogens (tertiary/aromatic N) is 2. The van der Waals surface area contributed by atoms with Gasteiger partial charge in [-0.2, -0.15) is 0 Å². The number of benzene rings is 2. The maximum absolute atomic E-state index is 6.37. The first-order valence-corrected chi connectivity index (χ1v) is 11.6. The van der Waals surface area contributed by atoms with E-state index < -0.39 is 0 Å². The number of hydrogen-bond donors (Lipinski definition) is 1. The second kappa shape index (κ2) is 7.96. The van der Waals surface area contributed by atoms with Crippen molar-refractivity contribution in [1.29, 1.82) is 0 Å². The van der Waals surface area contributed by atoms with Crippen LogP contribution in [0.15, 0.2) is 41.9 Å². The Hall–Kier alpha value is -3.36. The third-order valence-electron chi connectivity index (χ3n) is 5.41. The highest BCUT2D eigenvalue weighted by molar-refractivity contribution is 7.19. The van der Waals surface area contributed by atoms with Crippen LogP contribution in [0.3, 0.4) is 0 Å². The summed E-state index contributed by atoms with van der Waals surface area (Å²) in [5.41, 5.74) is 11.4. The fraction of sp³-hybridized carbons (Fsp3) is 0.167. The lowest BCUT2D eigenvalue weighted by molar-refractivity contribution is 0.324. The molecule has 0 aliphatic rings. The van der Waals surface area contributed by atoms with Crippen LogP contribution in [0, 0.1) is 6.92 Å². The van der Waals surface area contributed by atoms with Gasteiger partial charge < -0.3 is 19.9 Å². The molecule has 0 bridgehead atoms. The molecule has 162 valence electrons. The van der Waals surface area contributed by atoms with E-state index in [1.54, 1.807) is 50.2 Å². The lowest BCUT2D eigenvalue weighted by Gasteiger charge is -2.15. The number of hydrogen-bond acceptors (Lipinski definition) is 8. The van der Waals surface area contributed by atoms with Crippen LogP contribution in [-0.4, -0.2) is 31.3 Å². The number of aryl methyl sites for hydroxylation is 1. The standard InChI is InChI=1S/C24H21N3O3S2/c1-12-27-17-7-13(5-6-20(17)32-12)16-11-31-23-15(10-26-24(25)21(16)23)14-8-18(28-2)22(30-4)19(9-14)29-3/h5-11H,1-4H3,(H2,25,26). The van der Waals surface area contributed by atoms with Crippen molar-refractivity contribution < 1.29 is 14.2 Å². The largest absolute Gasteiger partial charge is 0.493 e. The molecule has 0 radical (unpaired) electrons. The summed E-state index contributed by atoms with van der Waals surface area (Å²) in [6.07, 6.45) is 1.80. The Balaban J connectivity index is 1.72. The molecule has 0 aliphatic carbocycles. The van der Waals surface area contributed by atoms with E-state index in [9.17, 15) is 0 Å². The number of nitrogen functional groups attached to an aromatic ring is 1. The zero-order valence-corrected chi connectivity index (χ0v) is 19.7. The zero-order chi connectivity index (χ0) is 22.4. The summed E-state index contributed by atoms with van der Waals surface area (Å²) in [4.78, 5) is 9.16. The maximum Gasteiger partial charge on any atom is 0.203 e. The van der Waals surface area contributed by atoms with Crippen LogP contribution in [-0.2, 0) is 0 Å². The molecule has 8 heteroatoms. The molecule has 5 rings (SSSR count). The molecule has 0 unspecified atom stereocenters. The summed E-state index contributed by atoms with van der Waals surface area (Å²) >= 11 is 3.34. The Bertz CT molecular complexity index is 1450. The average Bonchev–Trinajstić information content (AvgIpc) is 3.41. The van der Waals surface area contributed by atoms with Gasteiger partial charge in [-0.15, -0.1) is 22.7 Å². The van der Waals surface area contributed by atoms with Gasteiger partial charge in [0.2, 0.25) is 5.75 Å². The van der Waals surface area contributed by atoms with Gasteiger partial charge in [-0.1, -0.05) is 6.07 Å². The second-order valence-corrected chi connectivity index (χ2v) is 9.35. The van der Waals surface area contributed by atoms with E-state index in [1.165, 1.54) is 4.70 Å². The first kappa shape index (κ1) is 20.5. The number of nitrogens with two attached hydrogens (primary N) is 1. The van der Waals surface area contributed by atoms with E-state index in [2.05, 4.69) is 33.5 Å². The van der Waals surface area contributed by atoms with Gasteiger partial charge in [0.25, 0.3) is 0 Å². The fourth-order valence-corrected chi connectivity index (χ4v) is 5.86. The molecule has 6 nitrogen and oxygen atoms in total. The monoisotopic (exact) mass is 463 g/mol. The molecule has 3 aromatic heterocycles. The van der Waals surface area contributed by atoms with E-state index in [4.69, 9.17) is 19.9 Å². The highest BCUT2D eigenvalue weighted by atomic mass is 32.1. The van der Waals surface area contributed by atoms with E-state index in [0.717, 1.165) is 42.9 Å². The minimum atomic E-state index is 0.502. The molecule has 2 aromatic carbocycles. The topological polar surface area (TPSA) is 79.5 Å². The minimum absolute atomic E-state index is 0.502. The molecule has 2 N–H and O–H groups in total. The summed E-state index contributed by atoms with van der Waals surface area (Å²) in [6.45, 7) is 2.02. The molecule has 0 aliphatic heterocycles. The highest BCUT2D eigenvalue weighted by Crippen LogP contribution is 2.46. The molecular formula is C24H21N3O3S2. The number of aromatic nitrogens is 2. The van der Waals surface area contributed by atoms with Crippen molar-refractivity contribution in [1.82, 2.24) is 9.97 Å². The first-order chi connectivity index (χ1) is 15.5. The lowest BCUT2D eigenvalue weighted by Crippen LogP contribution is -1.97. The van der Waals surface area contributed by atoms with Gasteiger partial charge >= 0.3 is 0 Å². The predicted octanol–water partition coefficient (Wildman–Crippen LogP) is 6.16. The SMILES string of the molecule is COc1cc(-c2cnc(N)c3c(-c4ccc5sc(C)nc5c4)csc23)cc(OC)c1OC. The van der Waals surface area contributed by atoms with Crippen LogP contribution < -0.4 is 19.9 Å². The van der Waals surface area contributed by atoms with Gasteiger partial charge in [0, 0.05) is 27.4 Å². The number of thiophene rings is 1. The molecule has 0 amide bonds. The third kappa shape index (κ3) is 3.23. The second-order valence-electron chi connectivity index (χ2n) is 7.24. The normalized spacial score (nSPS) is 11.2. The molecule has 32 heavy (non-hydrogen) atoms. The molecule has 0 spiro atoms. The summed E-state index contributed by atoms with van der Waals surface area (Å²) in [6, 6.07) is 10.2. The Kier molecular flexibility index (Phi) is 5.11. The number of rotatable bonds is 5. The van der Waals surface area contributed by atoms with Crippen LogP contribution in [0.1, 0.15) is 5.01 Å². The molecule has 0 saturated heterocycles. The van der Waals surface area contributed by atoms with Gasteiger partial charge in [0.05, 0.1) is 36.6 Å². The smallest absolute Gasteiger partial charge is 0.203 e. The Morgan fingerprint density at radius 1 is 0.906 bits per heavy atom. The lowest BCUT2D eigenvalue weighted by atomic mass is 10.0. The van der Waals surface area contributed by atoms with Gasteiger partial charge in [-0.3, -0.25) is 0 Å². The van der Waals surface area contributed by atoms with Crippen molar-refractivity contribution in [3.63, 3.8) is 0 Å². The van der Waals surface area contributed by atoms with Gasteiger partial charge in [-0.25, -0.2) is 9.97 Å². The Labute approximate surface area is 193 Å². The molecular weight excluding hydrogens is 442 g/mol. The fourth-order valence-electron chi connectivity index (χ4n) is 3.93. The van der Waals surface area contributed by atoms with Gasteiger partial charge in [0.15, 0.2) is 11.5 Å². The predicted molar refractivity (Wildman–Crippen MR) is 132 cm³/mol. The quantitative estimate of drug-likeness (QED) is 0.336. The number of methoxy groups -OCH3 is 3. The Morgan fingerprint density at radius 2 is 1.66 bits per heavy atom. The zero-order valence-electron chi connectivity index (χ0n) is 18.1. The van der Waals surface area contributed by atoms with Gasteiger partial charge in [0.1, 0.15) is 5.82 Å². The molecule has 0 atom stereocenters. The van der Waals surface area contributed by atoms with Crippen LogP contribution in [0.4, 0.5) is 5.82 Å². The summed E-state index contributed by atoms with van der Waals surface area (Å²) in [5.74, 6) is 2.24. The summed E-state index contributed by atoms with van der Waals surface area (Å²) in [5, 5.41) is 4.12. The van der Waals surface area contributed by atoms with E-state index in [1.807, 2.05) is 19.1 Å². The van der Waals surface area contributed by atoms with Crippen molar-refractivity contribution in [3.05, 3.63) is 46.9 Å². The molecule has 3 heterocycles. The minimum Gasteiger partial charge on any atom is -0.493 e. The number of ether oxygens (including phenoxy) is 3. The number of anilines is 1. The third-order valence-corrected chi connectivity index (χ3v) is 7.37. The van der Waals surface area contributed by atoms with Gasteiger partial charge in [-0.05, 0) is 47.7 Å². The molecule has 5 aromatic rings. The van der Waals surface area contributed by atoms with Crippen LogP contribution in [0.2, 0.25) is 0 Å². The average molecular weight is 464 g/mol. The highest BCUT2D eigenvalue weighted by Gasteiger charge is 2.19. The maximum atomic E-state index is 6.37. The first-order valence-electron chi connectivity index (χ1n) is 9.87. The van der Waals surface area contributed by atoms with E-state index in [0.29, 0.717) is 23.1 Å². The van der Waals surface area contributed by atoms with Crippen LogP contribution in [0.5, 0.6) is 17.2 Å². The van der Waals surface area contributed by atoms with E-state index in [-0.39, 0.29) is 0 Å². The van der Waals surface area contributed by atoms with Crippen molar-refractivity contribution in [2.24, 2.45) is 0 Å². The number of pyridine rings is 1. The number of thiazole rings is 1. The molecule has 0 fully saturated rings. The van der Waals surface area contributed by atoms with Crippen molar-refractivity contribution >= 4 is 48.8 Å². The summed E-state index contributed by atoms with van der Waals surface area (Å²) < 4.78 is 18.8. The molecule has 0 saturated carbocycles. The van der Waals surface area contributed by atoms with Crippen molar-refractivity contribution in [3.8, 4) is 39.5 Å². The Morgan fingerprint density at radius 3 is 2.34 bits per heavy atom.